The number of ether oxygens (including phenoxy) is 1. The highest BCUT2D eigenvalue weighted by molar-refractivity contribution is 5.47. The van der Waals surface area contributed by atoms with Gasteiger partial charge in [-0.25, -0.2) is 4.98 Å². The summed E-state index contributed by atoms with van der Waals surface area (Å²) in [6.45, 7) is 1.46. The van der Waals surface area contributed by atoms with Crippen molar-refractivity contribution in [3.8, 4) is 0 Å². The van der Waals surface area contributed by atoms with E-state index in [1.807, 2.05) is 0 Å². The van der Waals surface area contributed by atoms with Crippen molar-refractivity contribution >= 4 is 5.82 Å². The fourth-order valence-corrected chi connectivity index (χ4v) is 3.02. The van der Waals surface area contributed by atoms with E-state index in [9.17, 15) is 0 Å². The molecule has 1 fully saturated rings. The van der Waals surface area contributed by atoms with Gasteiger partial charge < -0.3 is 10.5 Å². The van der Waals surface area contributed by atoms with E-state index in [1.54, 1.807) is 0 Å². The maximum atomic E-state index is 6.06. The lowest BCUT2D eigenvalue weighted by Crippen LogP contribution is -2.16. The van der Waals surface area contributed by atoms with Gasteiger partial charge in [0.2, 0.25) is 0 Å². The number of nitrogen functional groups attached to an aromatic ring is 1. The summed E-state index contributed by atoms with van der Waals surface area (Å²) in [5, 5.41) is 0. The zero-order valence-corrected chi connectivity index (χ0v) is 10.2. The molecule has 3 heteroatoms. The molecule has 0 spiro atoms. The molecule has 1 aromatic rings. The molecule has 0 bridgehead atoms. The molecule has 0 aromatic carbocycles. The monoisotopic (exact) mass is 232 g/mol. The van der Waals surface area contributed by atoms with Crippen molar-refractivity contribution < 1.29 is 4.74 Å². The van der Waals surface area contributed by atoms with E-state index in [0.717, 1.165) is 18.6 Å². The van der Waals surface area contributed by atoms with Crippen LogP contribution in [0.5, 0.6) is 0 Å². The quantitative estimate of drug-likeness (QED) is 0.810. The van der Waals surface area contributed by atoms with Crippen LogP contribution in [0.4, 0.5) is 5.82 Å². The first-order valence-corrected chi connectivity index (χ1v) is 6.70. The Labute approximate surface area is 102 Å². The van der Waals surface area contributed by atoms with Crippen molar-refractivity contribution in [2.45, 2.75) is 51.0 Å². The van der Waals surface area contributed by atoms with Gasteiger partial charge in [0.05, 0.1) is 13.2 Å². The molecule has 1 aliphatic carbocycles. The van der Waals surface area contributed by atoms with E-state index in [1.165, 1.54) is 43.4 Å². The third-order valence-electron chi connectivity index (χ3n) is 4.05. The number of pyridine rings is 1. The summed E-state index contributed by atoms with van der Waals surface area (Å²) in [4.78, 5) is 4.61. The summed E-state index contributed by atoms with van der Waals surface area (Å²) in [5.74, 6) is 1.34. The molecule has 1 aromatic heterocycles. The van der Waals surface area contributed by atoms with Crippen LogP contribution in [0.15, 0.2) is 6.07 Å². The van der Waals surface area contributed by atoms with Crippen LogP contribution in [0, 0.1) is 0 Å². The third-order valence-corrected chi connectivity index (χ3v) is 4.05. The molecule has 2 N–H and O–H groups in total. The number of hydrogen-bond acceptors (Lipinski definition) is 3. The maximum absolute atomic E-state index is 6.06. The van der Waals surface area contributed by atoms with E-state index in [2.05, 4.69) is 11.1 Å². The van der Waals surface area contributed by atoms with Gasteiger partial charge in [0.15, 0.2) is 0 Å². The lowest BCUT2D eigenvalue weighted by atomic mass is 9.85. The van der Waals surface area contributed by atoms with E-state index >= 15 is 0 Å². The van der Waals surface area contributed by atoms with Gasteiger partial charge in [0.25, 0.3) is 0 Å². The van der Waals surface area contributed by atoms with Gasteiger partial charge >= 0.3 is 0 Å². The summed E-state index contributed by atoms with van der Waals surface area (Å²) in [6, 6.07) is 2.28. The molecule has 0 unspecified atom stereocenters. The second-order valence-corrected chi connectivity index (χ2v) is 5.21. The van der Waals surface area contributed by atoms with E-state index in [-0.39, 0.29) is 0 Å². The van der Waals surface area contributed by atoms with Crippen molar-refractivity contribution in [3.63, 3.8) is 0 Å². The van der Waals surface area contributed by atoms with E-state index in [0.29, 0.717) is 18.3 Å². The molecular weight excluding hydrogens is 212 g/mol. The second kappa shape index (κ2) is 4.65. The number of anilines is 1. The minimum absolute atomic E-state index is 0.638. The average molecular weight is 232 g/mol. The van der Waals surface area contributed by atoms with Crippen molar-refractivity contribution in [2.24, 2.45) is 0 Å². The van der Waals surface area contributed by atoms with E-state index < -0.39 is 0 Å². The van der Waals surface area contributed by atoms with Gasteiger partial charge in [-0.15, -0.1) is 0 Å². The summed E-state index contributed by atoms with van der Waals surface area (Å²) < 4.78 is 5.44. The molecule has 3 nitrogen and oxygen atoms in total. The number of aromatic nitrogens is 1. The minimum Gasteiger partial charge on any atom is -0.383 e. The number of fused-ring (bicyclic) bond motifs is 1. The minimum atomic E-state index is 0.638. The molecule has 2 aliphatic rings. The maximum Gasteiger partial charge on any atom is 0.129 e. The lowest BCUT2D eigenvalue weighted by Gasteiger charge is -2.24. The van der Waals surface area contributed by atoms with Crippen molar-refractivity contribution in [1.82, 2.24) is 4.98 Å². The molecule has 92 valence electrons. The van der Waals surface area contributed by atoms with E-state index in [4.69, 9.17) is 10.5 Å². The predicted molar refractivity (Wildman–Crippen MR) is 67.8 cm³/mol. The molecule has 0 radical (unpaired) electrons. The fraction of sp³-hybridized carbons (Fsp3) is 0.643. The molecule has 3 rings (SSSR count). The standard InChI is InChI=1S/C14H20N2O/c15-14-12-9-17-7-6-11(12)8-13(16-14)10-4-2-1-3-5-10/h8,10H,1-7,9H2,(H2,15,16). The fourth-order valence-electron chi connectivity index (χ4n) is 3.02. The average Bonchev–Trinajstić information content (AvgIpc) is 2.40. The summed E-state index contributed by atoms with van der Waals surface area (Å²) >= 11 is 0. The summed E-state index contributed by atoms with van der Waals surface area (Å²) in [7, 11) is 0. The van der Waals surface area contributed by atoms with Crippen molar-refractivity contribution in [3.05, 3.63) is 22.9 Å². The molecule has 1 saturated carbocycles. The normalized spacial score (nSPS) is 21.2. The van der Waals surface area contributed by atoms with Gasteiger partial charge in [-0.3, -0.25) is 0 Å². The molecule has 2 heterocycles. The Hall–Kier alpha value is -1.09. The number of rotatable bonds is 1. The van der Waals surface area contributed by atoms with Gasteiger partial charge in [0.1, 0.15) is 5.82 Å². The first-order valence-electron chi connectivity index (χ1n) is 6.70. The Morgan fingerprint density at radius 1 is 1.24 bits per heavy atom. The first-order chi connectivity index (χ1) is 8.34. The Kier molecular flexibility index (Phi) is 3.02. The Morgan fingerprint density at radius 3 is 2.88 bits per heavy atom. The zero-order valence-electron chi connectivity index (χ0n) is 10.2. The molecule has 0 saturated heterocycles. The highest BCUT2D eigenvalue weighted by atomic mass is 16.5. The van der Waals surface area contributed by atoms with Crippen LogP contribution in [0.1, 0.15) is 54.8 Å². The smallest absolute Gasteiger partial charge is 0.129 e. The highest BCUT2D eigenvalue weighted by Gasteiger charge is 2.21. The molecular formula is C14H20N2O. The zero-order chi connectivity index (χ0) is 11.7. The number of nitrogens with two attached hydrogens (primary N) is 1. The van der Waals surface area contributed by atoms with Crippen molar-refractivity contribution in [2.75, 3.05) is 12.3 Å². The number of hydrogen-bond donors (Lipinski definition) is 1. The summed E-state index contributed by atoms with van der Waals surface area (Å²) in [5.41, 5.74) is 9.77. The predicted octanol–water partition coefficient (Wildman–Crippen LogP) is 2.78. The SMILES string of the molecule is Nc1nc(C2CCCCC2)cc2c1COCC2. The topological polar surface area (TPSA) is 48.1 Å². The molecule has 1 aliphatic heterocycles. The first kappa shape index (κ1) is 11.0. The molecule has 0 atom stereocenters. The highest BCUT2D eigenvalue weighted by Crippen LogP contribution is 2.34. The van der Waals surface area contributed by atoms with Crippen LogP contribution in [0.3, 0.4) is 0 Å². The van der Waals surface area contributed by atoms with Crippen LogP contribution in [0.2, 0.25) is 0 Å². The lowest BCUT2D eigenvalue weighted by molar-refractivity contribution is 0.111. The van der Waals surface area contributed by atoms with Crippen LogP contribution >= 0.6 is 0 Å². The Balaban J connectivity index is 1.92. The number of nitrogens with zero attached hydrogens (tertiary/aromatic N) is 1. The Bertz CT molecular complexity index is 411. The van der Waals surface area contributed by atoms with Crippen LogP contribution in [-0.2, 0) is 17.8 Å². The second-order valence-electron chi connectivity index (χ2n) is 5.21. The molecule has 17 heavy (non-hydrogen) atoms. The Morgan fingerprint density at radius 2 is 2.06 bits per heavy atom. The van der Waals surface area contributed by atoms with Gasteiger partial charge in [0, 0.05) is 17.2 Å². The van der Waals surface area contributed by atoms with Gasteiger partial charge in [-0.2, -0.15) is 0 Å². The summed E-state index contributed by atoms with van der Waals surface area (Å²) in [6.07, 6.45) is 7.61. The van der Waals surface area contributed by atoms with Gasteiger partial charge in [-0.05, 0) is 30.9 Å². The van der Waals surface area contributed by atoms with Crippen molar-refractivity contribution in [1.29, 1.82) is 0 Å². The largest absolute Gasteiger partial charge is 0.383 e. The molecule has 0 amide bonds. The van der Waals surface area contributed by atoms with Crippen LogP contribution in [0.25, 0.3) is 0 Å². The van der Waals surface area contributed by atoms with Crippen LogP contribution in [-0.4, -0.2) is 11.6 Å². The third kappa shape index (κ3) is 2.16. The van der Waals surface area contributed by atoms with Gasteiger partial charge in [-0.1, -0.05) is 19.3 Å². The van der Waals surface area contributed by atoms with Crippen LogP contribution < -0.4 is 5.73 Å².